The zero-order valence-electron chi connectivity index (χ0n) is 18.4. The van der Waals surface area contributed by atoms with Crippen LogP contribution in [0.5, 0.6) is 0 Å². The van der Waals surface area contributed by atoms with Crippen LogP contribution in [0, 0.1) is 5.92 Å². The highest BCUT2D eigenvalue weighted by Gasteiger charge is 2.25. The molecule has 1 aromatic rings. The van der Waals surface area contributed by atoms with E-state index in [4.69, 9.17) is 4.74 Å². The number of benzene rings is 1. The minimum absolute atomic E-state index is 0.00710. The van der Waals surface area contributed by atoms with Crippen LogP contribution < -0.4 is 10.6 Å². The maximum absolute atomic E-state index is 12.4. The Morgan fingerprint density at radius 2 is 1.79 bits per heavy atom. The molecule has 0 atom stereocenters. The van der Waals surface area contributed by atoms with Gasteiger partial charge >= 0.3 is 0 Å². The van der Waals surface area contributed by atoms with Gasteiger partial charge in [-0.1, -0.05) is 32.9 Å². The third-order valence-corrected chi connectivity index (χ3v) is 5.33. The Labute approximate surface area is 175 Å². The standard InChI is InChI=1S/C23H37N3O3/c1-5-29-16-6-13-24-22(28)18-11-14-26(15-12-18)17-21(27)25-20-9-7-19(8-10-20)23(2,3)4/h7-10,18H,5-6,11-17H2,1-4H3,(H,24,28)(H,25,27). The number of piperidine rings is 1. The Balaban J connectivity index is 1.68. The average molecular weight is 404 g/mol. The number of likely N-dealkylation sites (tertiary alicyclic amines) is 1. The smallest absolute Gasteiger partial charge is 0.238 e. The maximum atomic E-state index is 12.4. The molecule has 6 heteroatoms. The highest BCUT2D eigenvalue weighted by molar-refractivity contribution is 5.92. The van der Waals surface area contributed by atoms with Crippen molar-refractivity contribution in [1.82, 2.24) is 10.2 Å². The Morgan fingerprint density at radius 3 is 2.38 bits per heavy atom. The molecule has 0 bridgehead atoms. The third kappa shape index (κ3) is 8.15. The molecule has 0 saturated carbocycles. The third-order valence-electron chi connectivity index (χ3n) is 5.33. The molecule has 29 heavy (non-hydrogen) atoms. The Bertz CT molecular complexity index is 644. The topological polar surface area (TPSA) is 70.7 Å². The van der Waals surface area contributed by atoms with Crippen LogP contribution in [0.25, 0.3) is 0 Å². The lowest BCUT2D eigenvalue weighted by molar-refractivity contribution is -0.126. The molecule has 162 valence electrons. The van der Waals surface area contributed by atoms with Gasteiger partial charge in [-0.05, 0) is 62.4 Å². The molecule has 0 unspecified atom stereocenters. The van der Waals surface area contributed by atoms with Crippen LogP contribution in [0.2, 0.25) is 0 Å². The SMILES string of the molecule is CCOCCCNC(=O)C1CCN(CC(=O)Nc2ccc(C(C)(C)C)cc2)CC1. The second kappa shape index (κ2) is 11.3. The van der Waals surface area contributed by atoms with E-state index in [0.717, 1.165) is 38.0 Å². The lowest BCUT2D eigenvalue weighted by Gasteiger charge is -2.30. The molecule has 1 aliphatic rings. The van der Waals surface area contributed by atoms with Gasteiger partial charge in [0.2, 0.25) is 11.8 Å². The highest BCUT2D eigenvalue weighted by atomic mass is 16.5. The molecular weight excluding hydrogens is 366 g/mol. The molecule has 0 aliphatic carbocycles. The van der Waals surface area contributed by atoms with Gasteiger partial charge in [0.25, 0.3) is 0 Å². The Morgan fingerprint density at radius 1 is 1.14 bits per heavy atom. The van der Waals surface area contributed by atoms with Crippen LogP contribution in [0.15, 0.2) is 24.3 Å². The van der Waals surface area contributed by atoms with Crippen LogP contribution in [0.3, 0.4) is 0 Å². The summed E-state index contributed by atoms with van der Waals surface area (Å²) in [6.07, 6.45) is 2.44. The van der Waals surface area contributed by atoms with Crippen molar-refractivity contribution in [3.8, 4) is 0 Å². The predicted molar refractivity (Wildman–Crippen MR) is 117 cm³/mol. The van der Waals surface area contributed by atoms with Crippen LogP contribution in [-0.4, -0.2) is 56.1 Å². The molecule has 6 nitrogen and oxygen atoms in total. The first-order chi connectivity index (χ1) is 13.8. The summed E-state index contributed by atoms with van der Waals surface area (Å²) in [5.41, 5.74) is 2.17. The predicted octanol–water partition coefficient (Wildman–Crippen LogP) is 3.18. The molecule has 2 N–H and O–H groups in total. The summed E-state index contributed by atoms with van der Waals surface area (Å²) in [6.45, 7) is 12.4. The van der Waals surface area contributed by atoms with E-state index >= 15 is 0 Å². The second-order valence-electron chi connectivity index (χ2n) is 8.77. The van der Waals surface area contributed by atoms with Gasteiger partial charge in [0.15, 0.2) is 0 Å². The molecule has 2 rings (SSSR count). The van der Waals surface area contributed by atoms with E-state index in [-0.39, 0.29) is 23.1 Å². The summed E-state index contributed by atoms with van der Waals surface area (Å²) in [4.78, 5) is 26.7. The van der Waals surface area contributed by atoms with Gasteiger partial charge in [0.1, 0.15) is 0 Å². The number of rotatable bonds is 9. The molecule has 2 amide bonds. The quantitative estimate of drug-likeness (QED) is 0.621. The van der Waals surface area contributed by atoms with Crippen LogP contribution in [0.1, 0.15) is 52.5 Å². The van der Waals surface area contributed by atoms with Crippen LogP contribution in [-0.2, 0) is 19.7 Å². The molecule has 1 aliphatic heterocycles. The number of hydrogen-bond acceptors (Lipinski definition) is 4. The summed E-state index contributed by atoms with van der Waals surface area (Å²) < 4.78 is 5.28. The van der Waals surface area contributed by atoms with Gasteiger partial charge in [0.05, 0.1) is 6.54 Å². The Hall–Kier alpha value is -1.92. The lowest BCUT2D eigenvalue weighted by atomic mass is 9.87. The van der Waals surface area contributed by atoms with Crippen molar-refractivity contribution in [1.29, 1.82) is 0 Å². The van der Waals surface area contributed by atoms with Crippen molar-refractivity contribution >= 4 is 17.5 Å². The monoisotopic (exact) mass is 403 g/mol. The fraction of sp³-hybridized carbons (Fsp3) is 0.652. The van der Waals surface area contributed by atoms with Gasteiger partial charge in [0, 0.05) is 31.4 Å². The number of carbonyl (C=O) groups is 2. The van der Waals surface area contributed by atoms with Gasteiger partial charge < -0.3 is 15.4 Å². The van der Waals surface area contributed by atoms with Gasteiger partial charge in [-0.25, -0.2) is 0 Å². The molecule has 1 fully saturated rings. The van der Waals surface area contributed by atoms with Gasteiger partial charge in [-0.2, -0.15) is 0 Å². The molecule has 1 saturated heterocycles. The lowest BCUT2D eigenvalue weighted by Crippen LogP contribution is -2.43. The highest BCUT2D eigenvalue weighted by Crippen LogP contribution is 2.23. The fourth-order valence-corrected chi connectivity index (χ4v) is 3.48. The van der Waals surface area contributed by atoms with E-state index in [1.54, 1.807) is 0 Å². The zero-order valence-corrected chi connectivity index (χ0v) is 18.4. The maximum Gasteiger partial charge on any atom is 0.238 e. The van der Waals surface area contributed by atoms with Crippen molar-refractivity contribution in [3.63, 3.8) is 0 Å². The van der Waals surface area contributed by atoms with E-state index in [1.807, 2.05) is 19.1 Å². The number of nitrogens with zero attached hydrogens (tertiary/aromatic N) is 1. The van der Waals surface area contributed by atoms with Crippen molar-refractivity contribution in [2.75, 3.05) is 44.7 Å². The summed E-state index contributed by atoms with van der Waals surface area (Å²) in [5, 5.41) is 5.97. The minimum atomic E-state index is -0.00710. The number of hydrogen-bond donors (Lipinski definition) is 2. The van der Waals surface area contributed by atoms with Gasteiger partial charge in [-0.3, -0.25) is 14.5 Å². The minimum Gasteiger partial charge on any atom is -0.382 e. The summed E-state index contributed by atoms with van der Waals surface area (Å²) in [7, 11) is 0. The Kier molecular flexibility index (Phi) is 9.11. The van der Waals surface area contributed by atoms with Crippen LogP contribution >= 0.6 is 0 Å². The first-order valence-electron chi connectivity index (χ1n) is 10.8. The molecule has 0 aromatic heterocycles. The summed E-state index contributed by atoms with van der Waals surface area (Å²) in [5.74, 6) is 0.170. The van der Waals surface area contributed by atoms with Crippen molar-refractivity contribution < 1.29 is 14.3 Å². The summed E-state index contributed by atoms with van der Waals surface area (Å²) in [6, 6.07) is 8.05. The van der Waals surface area contributed by atoms with Crippen molar-refractivity contribution in [2.45, 2.75) is 52.4 Å². The number of carbonyl (C=O) groups excluding carboxylic acids is 2. The fourth-order valence-electron chi connectivity index (χ4n) is 3.48. The first-order valence-corrected chi connectivity index (χ1v) is 10.8. The van der Waals surface area contributed by atoms with E-state index in [2.05, 4.69) is 48.4 Å². The number of anilines is 1. The molecular formula is C23H37N3O3. The number of nitrogens with one attached hydrogen (secondary N) is 2. The first kappa shape index (κ1) is 23.4. The van der Waals surface area contributed by atoms with E-state index in [0.29, 0.717) is 26.3 Å². The van der Waals surface area contributed by atoms with Gasteiger partial charge in [-0.15, -0.1) is 0 Å². The van der Waals surface area contributed by atoms with Crippen molar-refractivity contribution in [3.05, 3.63) is 29.8 Å². The molecule has 1 heterocycles. The molecule has 0 spiro atoms. The zero-order chi connectivity index (χ0) is 21.3. The largest absolute Gasteiger partial charge is 0.382 e. The number of amides is 2. The summed E-state index contributed by atoms with van der Waals surface area (Å²) >= 11 is 0. The van der Waals surface area contributed by atoms with Crippen molar-refractivity contribution in [2.24, 2.45) is 5.92 Å². The van der Waals surface area contributed by atoms with E-state index in [1.165, 1.54) is 5.56 Å². The normalized spacial score (nSPS) is 15.9. The molecule has 1 aromatic carbocycles. The van der Waals surface area contributed by atoms with E-state index < -0.39 is 0 Å². The molecule has 0 radical (unpaired) electrons. The second-order valence-corrected chi connectivity index (χ2v) is 8.77. The average Bonchev–Trinajstić information content (AvgIpc) is 2.68. The van der Waals surface area contributed by atoms with Crippen LogP contribution in [0.4, 0.5) is 5.69 Å². The number of ether oxygens (including phenoxy) is 1. The van der Waals surface area contributed by atoms with E-state index in [9.17, 15) is 9.59 Å².